The molecule has 31 heavy (non-hydrogen) atoms. The van der Waals surface area contributed by atoms with Gasteiger partial charge in [0, 0.05) is 19.8 Å². The summed E-state index contributed by atoms with van der Waals surface area (Å²) >= 11 is 0. The molecular weight excluding hydrogens is 394 g/mol. The van der Waals surface area contributed by atoms with Gasteiger partial charge < -0.3 is 21.3 Å². The summed E-state index contributed by atoms with van der Waals surface area (Å²) in [5, 5.41) is 14.3. The Hall–Kier alpha value is -4.08. The first kappa shape index (κ1) is 21.6. The van der Waals surface area contributed by atoms with Crippen LogP contribution < -0.4 is 21.3 Å². The van der Waals surface area contributed by atoms with Crippen molar-refractivity contribution in [3.8, 4) is 0 Å². The van der Waals surface area contributed by atoms with Gasteiger partial charge in [0.05, 0.1) is 11.4 Å². The molecule has 2 aromatic carbocycles. The van der Waals surface area contributed by atoms with Gasteiger partial charge in [-0.05, 0) is 50.6 Å². The van der Waals surface area contributed by atoms with Gasteiger partial charge in [-0.15, -0.1) is 5.11 Å². The topological polar surface area (TPSA) is 134 Å². The highest BCUT2D eigenvalue weighted by atomic mass is 16.2. The Morgan fingerprint density at radius 1 is 0.968 bits per heavy atom. The SMILES string of the molecule is Cc1ccc(/N=N/c2ccc(Nc3nc(C)nc(N(C)C)n3)cc2NC(N)=O)c(C)c1. The molecule has 0 aliphatic heterocycles. The average Bonchev–Trinajstić information content (AvgIpc) is 2.67. The Labute approximate surface area is 180 Å². The third kappa shape index (κ3) is 5.72. The lowest BCUT2D eigenvalue weighted by molar-refractivity contribution is 0.259. The zero-order valence-corrected chi connectivity index (χ0v) is 18.1. The predicted molar refractivity (Wildman–Crippen MR) is 122 cm³/mol. The summed E-state index contributed by atoms with van der Waals surface area (Å²) in [4.78, 5) is 26.2. The molecule has 4 N–H and O–H groups in total. The molecule has 0 saturated carbocycles. The van der Waals surface area contributed by atoms with Crippen LogP contribution in [0.2, 0.25) is 0 Å². The number of azo groups is 1. The van der Waals surface area contributed by atoms with Crippen molar-refractivity contribution in [3.05, 3.63) is 53.3 Å². The number of amides is 2. The van der Waals surface area contributed by atoms with Crippen molar-refractivity contribution in [3.63, 3.8) is 0 Å². The van der Waals surface area contributed by atoms with Crippen LogP contribution in [0.1, 0.15) is 17.0 Å². The number of aromatic nitrogens is 3. The second-order valence-electron chi connectivity index (χ2n) is 7.24. The van der Waals surface area contributed by atoms with Crippen LogP contribution >= 0.6 is 0 Å². The van der Waals surface area contributed by atoms with Gasteiger partial charge in [-0.3, -0.25) is 0 Å². The van der Waals surface area contributed by atoms with Crippen LogP contribution in [0.25, 0.3) is 0 Å². The predicted octanol–water partition coefficient (Wildman–Crippen LogP) is 4.51. The molecule has 3 aromatic rings. The number of carbonyl (C=O) groups is 1. The summed E-state index contributed by atoms with van der Waals surface area (Å²) in [6.45, 7) is 5.77. The van der Waals surface area contributed by atoms with E-state index in [1.165, 1.54) is 0 Å². The highest BCUT2D eigenvalue weighted by Crippen LogP contribution is 2.31. The number of carbonyl (C=O) groups excluding carboxylic acids is 1. The molecule has 1 heterocycles. The van der Waals surface area contributed by atoms with Gasteiger partial charge in [0.25, 0.3) is 0 Å². The quantitative estimate of drug-likeness (QED) is 0.503. The van der Waals surface area contributed by atoms with Crippen molar-refractivity contribution in [2.24, 2.45) is 16.0 Å². The maximum absolute atomic E-state index is 11.5. The van der Waals surface area contributed by atoms with E-state index in [0.29, 0.717) is 34.8 Å². The van der Waals surface area contributed by atoms with Crippen LogP contribution in [-0.2, 0) is 0 Å². The molecular formula is C21H25N9O. The van der Waals surface area contributed by atoms with Gasteiger partial charge in [-0.25, -0.2) is 4.79 Å². The molecule has 10 nitrogen and oxygen atoms in total. The fraction of sp³-hybridized carbons (Fsp3) is 0.238. The molecule has 0 aliphatic carbocycles. The molecule has 160 valence electrons. The molecule has 0 atom stereocenters. The molecule has 3 rings (SSSR count). The van der Waals surface area contributed by atoms with E-state index < -0.39 is 6.03 Å². The normalized spacial score (nSPS) is 10.9. The fourth-order valence-electron chi connectivity index (χ4n) is 2.81. The largest absolute Gasteiger partial charge is 0.351 e. The monoisotopic (exact) mass is 419 g/mol. The summed E-state index contributed by atoms with van der Waals surface area (Å²) in [7, 11) is 3.70. The molecule has 0 spiro atoms. The van der Waals surface area contributed by atoms with E-state index in [1.54, 1.807) is 30.0 Å². The van der Waals surface area contributed by atoms with E-state index in [1.807, 2.05) is 46.1 Å². The summed E-state index contributed by atoms with van der Waals surface area (Å²) in [6, 6.07) is 10.4. The van der Waals surface area contributed by atoms with Crippen LogP contribution in [-0.4, -0.2) is 35.1 Å². The number of hydrogen-bond donors (Lipinski definition) is 3. The van der Waals surface area contributed by atoms with Gasteiger partial charge in [0.1, 0.15) is 11.5 Å². The van der Waals surface area contributed by atoms with Crippen molar-refractivity contribution >= 4 is 40.7 Å². The van der Waals surface area contributed by atoms with E-state index in [4.69, 9.17) is 5.73 Å². The van der Waals surface area contributed by atoms with E-state index in [2.05, 4.69) is 35.8 Å². The minimum absolute atomic E-state index is 0.380. The van der Waals surface area contributed by atoms with Crippen molar-refractivity contribution in [2.75, 3.05) is 29.6 Å². The van der Waals surface area contributed by atoms with Gasteiger partial charge >= 0.3 is 6.03 Å². The first-order valence-electron chi connectivity index (χ1n) is 9.58. The number of urea groups is 1. The lowest BCUT2D eigenvalue weighted by Crippen LogP contribution is -2.19. The average molecular weight is 419 g/mol. The third-order valence-electron chi connectivity index (χ3n) is 4.26. The number of aryl methyl sites for hydroxylation is 3. The molecule has 1 aromatic heterocycles. The number of nitrogens with two attached hydrogens (primary N) is 1. The highest BCUT2D eigenvalue weighted by Gasteiger charge is 2.10. The van der Waals surface area contributed by atoms with Gasteiger partial charge in [-0.1, -0.05) is 17.7 Å². The smallest absolute Gasteiger partial charge is 0.316 e. The van der Waals surface area contributed by atoms with E-state index in [-0.39, 0.29) is 0 Å². The van der Waals surface area contributed by atoms with Crippen molar-refractivity contribution in [2.45, 2.75) is 20.8 Å². The van der Waals surface area contributed by atoms with Crippen LogP contribution in [0, 0.1) is 20.8 Å². The molecule has 10 heteroatoms. The highest BCUT2D eigenvalue weighted by molar-refractivity contribution is 5.92. The van der Waals surface area contributed by atoms with Crippen LogP contribution in [0.3, 0.4) is 0 Å². The number of hydrogen-bond acceptors (Lipinski definition) is 8. The number of rotatable bonds is 6. The number of nitrogens with one attached hydrogen (secondary N) is 2. The number of primary amides is 1. The Morgan fingerprint density at radius 3 is 2.35 bits per heavy atom. The van der Waals surface area contributed by atoms with Crippen molar-refractivity contribution in [1.82, 2.24) is 15.0 Å². The molecule has 0 bridgehead atoms. The molecule has 0 radical (unpaired) electrons. The Bertz CT molecular complexity index is 1140. The second-order valence-corrected chi connectivity index (χ2v) is 7.24. The number of nitrogens with zero attached hydrogens (tertiary/aromatic N) is 6. The van der Waals surface area contributed by atoms with Crippen molar-refractivity contribution in [1.29, 1.82) is 0 Å². The summed E-state index contributed by atoms with van der Waals surface area (Å²) in [5.74, 6) is 1.49. The molecule has 2 amide bonds. The lowest BCUT2D eigenvalue weighted by atomic mass is 10.1. The van der Waals surface area contributed by atoms with Crippen LogP contribution in [0.15, 0.2) is 46.6 Å². The molecule has 0 aliphatic rings. The van der Waals surface area contributed by atoms with E-state index >= 15 is 0 Å². The zero-order valence-electron chi connectivity index (χ0n) is 18.1. The van der Waals surface area contributed by atoms with Gasteiger partial charge in [0.2, 0.25) is 11.9 Å². The molecule has 0 fully saturated rings. The lowest BCUT2D eigenvalue weighted by Gasteiger charge is -2.13. The third-order valence-corrected chi connectivity index (χ3v) is 4.26. The maximum atomic E-state index is 11.5. The minimum atomic E-state index is -0.703. The molecule has 0 unspecified atom stereocenters. The minimum Gasteiger partial charge on any atom is -0.351 e. The summed E-state index contributed by atoms with van der Waals surface area (Å²) in [6.07, 6.45) is 0. The molecule has 0 saturated heterocycles. The Balaban J connectivity index is 1.91. The maximum Gasteiger partial charge on any atom is 0.316 e. The summed E-state index contributed by atoms with van der Waals surface area (Å²) in [5.41, 5.74) is 9.75. The Kier molecular flexibility index (Phi) is 6.39. The van der Waals surface area contributed by atoms with Crippen LogP contribution in [0.5, 0.6) is 0 Å². The number of anilines is 4. The van der Waals surface area contributed by atoms with Crippen LogP contribution in [0.4, 0.5) is 39.4 Å². The summed E-state index contributed by atoms with van der Waals surface area (Å²) < 4.78 is 0. The van der Waals surface area contributed by atoms with Crippen molar-refractivity contribution < 1.29 is 4.79 Å². The second kappa shape index (κ2) is 9.16. The number of benzene rings is 2. The zero-order chi connectivity index (χ0) is 22.5. The Morgan fingerprint density at radius 2 is 1.68 bits per heavy atom. The first-order valence-corrected chi connectivity index (χ1v) is 9.58. The van der Waals surface area contributed by atoms with E-state index in [9.17, 15) is 4.79 Å². The van der Waals surface area contributed by atoms with E-state index in [0.717, 1.165) is 16.8 Å². The fourth-order valence-corrected chi connectivity index (χ4v) is 2.81. The van der Waals surface area contributed by atoms with Gasteiger partial charge in [0.15, 0.2) is 0 Å². The first-order chi connectivity index (χ1) is 14.7. The van der Waals surface area contributed by atoms with Gasteiger partial charge in [-0.2, -0.15) is 20.1 Å². The standard InChI is InChI=1S/C21H25N9O/c1-12-6-8-16(13(2)10-12)28-29-17-9-7-15(11-18(17)26-19(22)31)25-20-23-14(3)24-21(27-20)30(4)5/h6-11H,1-5H3,(H3,22,26,31)(H,23,24,25,27)/b29-28+.